The fraction of sp³-hybridized carbons (Fsp3) is 0.455. The van der Waals surface area contributed by atoms with Crippen molar-refractivity contribution in [2.24, 2.45) is 5.92 Å². The van der Waals surface area contributed by atoms with Crippen LogP contribution in [-0.4, -0.2) is 0 Å². The van der Waals surface area contributed by atoms with Crippen LogP contribution in [0.1, 0.15) is 62.5 Å². The lowest BCUT2D eigenvalue weighted by Gasteiger charge is -2.29. The van der Waals surface area contributed by atoms with Gasteiger partial charge in [0.05, 0.1) is 5.56 Å². The van der Waals surface area contributed by atoms with Gasteiger partial charge in [-0.3, -0.25) is 0 Å². The first-order chi connectivity index (χ1) is 12.4. The summed E-state index contributed by atoms with van der Waals surface area (Å²) in [5, 5.41) is 0. The second-order valence-electron chi connectivity index (χ2n) is 7.43. The topological polar surface area (TPSA) is 0 Å². The Balaban J connectivity index is 1.88. The van der Waals surface area contributed by atoms with Gasteiger partial charge in [-0.1, -0.05) is 19.8 Å². The first kappa shape index (κ1) is 18.9. The van der Waals surface area contributed by atoms with Gasteiger partial charge in [-0.05, 0) is 79.8 Å². The minimum atomic E-state index is -0.808. The van der Waals surface area contributed by atoms with E-state index in [1.807, 2.05) is 0 Å². The van der Waals surface area contributed by atoms with E-state index in [9.17, 15) is 17.6 Å². The molecule has 0 spiro atoms. The van der Waals surface area contributed by atoms with Crippen LogP contribution in [0.15, 0.2) is 24.3 Å². The number of benzene rings is 2. The summed E-state index contributed by atoms with van der Waals surface area (Å²) in [6.45, 7) is 3.46. The van der Waals surface area contributed by atoms with E-state index in [0.29, 0.717) is 11.5 Å². The molecule has 26 heavy (non-hydrogen) atoms. The Morgan fingerprint density at radius 1 is 0.808 bits per heavy atom. The summed E-state index contributed by atoms with van der Waals surface area (Å²) in [6.07, 6.45) is 6.39. The molecule has 2 aromatic rings. The molecule has 0 N–H and O–H groups in total. The maximum atomic E-state index is 14.6. The molecule has 0 nitrogen and oxygen atoms in total. The van der Waals surface area contributed by atoms with Crippen molar-refractivity contribution in [1.29, 1.82) is 0 Å². The number of rotatable bonds is 4. The van der Waals surface area contributed by atoms with E-state index in [-0.39, 0.29) is 22.6 Å². The smallest absolute Gasteiger partial charge is 0.134 e. The van der Waals surface area contributed by atoms with Gasteiger partial charge in [-0.2, -0.15) is 0 Å². The first-order valence-electron chi connectivity index (χ1n) is 9.35. The molecule has 1 saturated carbocycles. The molecule has 0 heterocycles. The lowest BCUT2D eigenvalue weighted by atomic mass is 9.77. The van der Waals surface area contributed by atoms with E-state index >= 15 is 0 Å². The molecule has 0 unspecified atom stereocenters. The van der Waals surface area contributed by atoms with Gasteiger partial charge in [-0.25, -0.2) is 17.6 Å². The Morgan fingerprint density at radius 3 is 1.85 bits per heavy atom. The van der Waals surface area contributed by atoms with Crippen molar-refractivity contribution in [1.82, 2.24) is 0 Å². The average Bonchev–Trinajstić information content (AvgIpc) is 2.60. The highest BCUT2D eigenvalue weighted by Crippen LogP contribution is 2.39. The fourth-order valence-corrected chi connectivity index (χ4v) is 4.09. The normalized spacial score (nSPS) is 20.4. The van der Waals surface area contributed by atoms with E-state index < -0.39 is 23.3 Å². The van der Waals surface area contributed by atoms with Gasteiger partial charge in [0.1, 0.15) is 23.3 Å². The number of hydrogen-bond acceptors (Lipinski definition) is 0. The van der Waals surface area contributed by atoms with Crippen molar-refractivity contribution in [2.45, 2.75) is 58.3 Å². The molecular formula is C22H24F4. The quantitative estimate of drug-likeness (QED) is 0.500. The lowest BCUT2D eigenvalue weighted by molar-refractivity contribution is 0.307. The van der Waals surface area contributed by atoms with Gasteiger partial charge in [0.2, 0.25) is 0 Å². The highest BCUT2D eigenvalue weighted by Gasteiger charge is 2.24. The van der Waals surface area contributed by atoms with Crippen molar-refractivity contribution in [3.63, 3.8) is 0 Å². The third-order valence-electron chi connectivity index (χ3n) is 5.65. The number of hydrogen-bond donors (Lipinski definition) is 0. The van der Waals surface area contributed by atoms with Gasteiger partial charge in [0.25, 0.3) is 0 Å². The third kappa shape index (κ3) is 3.79. The fourth-order valence-electron chi connectivity index (χ4n) is 4.09. The predicted molar refractivity (Wildman–Crippen MR) is 96.1 cm³/mol. The summed E-state index contributed by atoms with van der Waals surface area (Å²) in [5.74, 6) is -2.29. The molecule has 2 aromatic carbocycles. The molecule has 1 aliphatic rings. The van der Waals surface area contributed by atoms with Crippen molar-refractivity contribution in [3.05, 3.63) is 58.7 Å². The molecule has 0 atom stereocenters. The van der Waals surface area contributed by atoms with Crippen LogP contribution in [0.4, 0.5) is 17.6 Å². The van der Waals surface area contributed by atoms with E-state index in [0.717, 1.165) is 44.2 Å². The molecule has 0 radical (unpaired) electrons. The van der Waals surface area contributed by atoms with E-state index in [2.05, 4.69) is 6.92 Å². The van der Waals surface area contributed by atoms with Gasteiger partial charge in [0.15, 0.2) is 0 Å². The summed E-state index contributed by atoms with van der Waals surface area (Å²) in [5.41, 5.74) is 0.00630. The van der Waals surface area contributed by atoms with Gasteiger partial charge >= 0.3 is 0 Å². The summed E-state index contributed by atoms with van der Waals surface area (Å²) >= 11 is 0. The molecular weight excluding hydrogens is 340 g/mol. The summed E-state index contributed by atoms with van der Waals surface area (Å²) in [6, 6.07) is 4.63. The standard InChI is InChI=1S/C22H24F4/c1-3-4-14-5-7-15(8-6-14)16-9-20(25)22(21(26)10-16)17-11-18(23)13(2)19(24)12-17/h9-12,14-15H,3-8H2,1-2H3. The minimum Gasteiger partial charge on any atom is -0.207 e. The van der Waals surface area contributed by atoms with Crippen LogP contribution < -0.4 is 0 Å². The summed E-state index contributed by atoms with van der Waals surface area (Å²) < 4.78 is 56.8. The van der Waals surface area contributed by atoms with Crippen molar-refractivity contribution in [3.8, 4) is 11.1 Å². The zero-order valence-corrected chi connectivity index (χ0v) is 15.2. The highest BCUT2D eigenvalue weighted by atomic mass is 19.1. The second-order valence-corrected chi connectivity index (χ2v) is 7.43. The van der Waals surface area contributed by atoms with Crippen LogP contribution in [0.25, 0.3) is 11.1 Å². The molecule has 1 fully saturated rings. The molecule has 0 bridgehead atoms. The molecule has 0 aromatic heterocycles. The van der Waals surface area contributed by atoms with Crippen molar-refractivity contribution in [2.75, 3.05) is 0 Å². The second kappa shape index (κ2) is 7.81. The lowest BCUT2D eigenvalue weighted by Crippen LogP contribution is -2.13. The molecule has 0 amide bonds. The molecule has 1 aliphatic carbocycles. The maximum absolute atomic E-state index is 14.6. The van der Waals surface area contributed by atoms with E-state index in [4.69, 9.17) is 0 Å². The largest absolute Gasteiger partial charge is 0.207 e. The Morgan fingerprint density at radius 2 is 1.35 bits per heavy atom. The highest BCUT2D eigenvalue weighted by molar-refractivity contribution is 5.66. The van der Waals surface area contributed by atoms with Gasteiger partial charge in [-0.15, -0.1) is 0 Å². The summed E-state index contributed by atoms with van der Waals surface area (Å²) in [7, 11) is 0. The predicted octanol–water partition coefficient (Wildman–Crippen LogP) is 7.29. The average molecular weight is 364 g/mol. The SMILES string of the molecule is CCCC1CCC(c2cc(F)c(-c3cc(F)c(C)c(F)c3)c(F)c2)CC1. The van der Waals surface area contributed by atoms with Crippen LogP contribution in [-0.2, 0) is 0 Å². The number of halogens is 4. The first-order valence-corrected chi connectivity index (χ1v) is 9.35. The molecule has 4 heteroatoms. The van der Waals surface area contributed by atoms with Crippen molar-refractivity contribution < 1.29 is 17.6 Å². The summed E-state index contributed by atoms with van der Waals surface area (Å²) in [4.78, 5) is 0. The van der Waals surface area contributed by atoms with Crippen LogP contribution in [0.2, 0.25) is 0 Å². The molecule has 0 aliphatic heterocycles. The van der Waals surface area contributed by atoms with Crippen LogP contribution in [0.3, 0.4) is 0 Å². The van der Waals surface area contributed by atoms with E-state index in [1.165, 1.54) is 25.5 Å². The van der Waals surface area contributed by atoms with E-state index in [1.54, 1.807) is 0 Å². The van der Waals surface area contributed by atoms with Crippen LogP contribution >= 0.6 is 0 Å². The Kier molecular flexibility index (Phi) is 5.69. The van der Waals surface area contributed by atoms with Crippen molar-refractivity contribution >= 4 is 0 Å². The minimum absolute atomic E-state index is 0.112. The maximum Gasteiger partial charge on any atom is 0.134 e. The zero-order chi connectivity index (χ0) is 18.8. The monoisotopic (exact) mass is 364 g/mol. The van der Waals surface area contributed by atoms with Crippen LogP contribution in [0, 0.1) is 36.1 Å². The van der Waals surface area contributed by atoms with Gasteiger partial charge in [0, 0.05) is 5.56 Å². The Hall–Kier alpha value is -1.84. The molecule has 140 valence electrons. The third-order valence-corrected chi connectivity index (χ3v) is 5.65. The zero-order valence-electron chi connectivity index (χ0n) is 15.2. The Bertz CT molecular complexity index is 743. The van der Waals surface area contributed by atoms with Crippen LogP contribution in [0.5, 0.6) is 0 Å². The Labute approximate surface area is 152 Å². The molecule has 0 saturated heterocycles. The van der Waals surface area contributed by atoms with Gasteiger partial charge < -0.3 is 0 Å². The molecule has 3 rings (SSSR count).